The maximum atomic E-state index is 16.7. The molecular formula is C94H142N2O4S4. The van der Waals surface area contributed by atoms with Gasteiger partial charge < -0.3 is 0 Å². The zero-order valence-corrected chi connectivity index (χ0v) is 70.1. The summed E-state index contributed by atoms with van der Waals surface area (Å²) in [4.78, 5) is 79.1. The Morgan fingerprint density at radius 2 is 0.365 bits per heavy atom. The lowest BCUT2D eigenvalue weighted by Gasteiger charge is -2.37. The van der Waals surface area contributed by atoms with E-state index in [4.69, 9.17) is 0 Å². The molecule has 8 rings (SSSR count). The number of nitrogens with zero attached hydrogens (tertiary/aromatic N) is 2. The molecule has 0 spiro atoms. The molecule has 0 saturated heterocycles. The van der Waals surface area contributed by atoms with Crippen molar-refractivity contribution in [2.75, 3.05) is 13.1 Å². The Kier molecular flexibility index (Phi) is 40.8. The van der Waals surface area contributed by atoms with Gasteiger partial charge in [0.1, 0.15) is 0 Å². The zero-order valence-electron chi connectivity index (χ0n) is 66.8. The molecule has 2 aliphatic heterocycles. The van der Waals surface area contributed by atoms with E-state index in [1.807, 2.05) is 0 Å². The molecule has 0 saturated carbocycles. The highest BCUT2D eigenvalue weighted by Gasteiger charge is 2.48. The van der Waals surface area contributed by atoms with Crippen LogP contribution in [0.15, 0.2) is 48.5 Å². The quantitative estimate of drug-likeness (QED) is 0.0282. The first kappa shape index (κ1) is 85.4. The van der Waals surface area contributed by atoms with Crippen molar-refractivity contribution >= 4 is 79.7 Å². The van der Waals surface area contributed by atoms with Crippen molar-refractivity contribution in [3.8, 4) is 41.8 Å². The third kappa shape index (κ3) is 26.0. The fourth-order valence-electron chi connectivity index (χ4n) is 16.6. The van der Waals surface area contributed by atoms with Gasteiger partial charge in [0.05, 0.1) is 22.3 Å². The van der Waals surface area contributed by atoms with Gasteiger partial charge in [0.2, 0.25) is 0 Å². The van der Waals surface area contributed by atoms with Crippen molar-refractivity contribution in [3.63, 3.8) is 0 Å². The number of thiophene rings is 4. The summed E-state index contributed by atoms with van der Waals surface area (Å²) in [5.41, 5.74) is 5.13. The minimum atomic E-state index is -0.285. The molecule has 2 aliphatic rings. The number of rotatable bonds is 62. The summed E-state index contributed by atoms with van der Waals surface area (Å²) in [5, 5.41) is 1.06. The smallest absolute Gasteiger partial charge is 0.262 e. The minimum absolute atomic E-state index is 0.285. The summed E-state index contributed by atoms with van der Waals surface area (Å²) < 4.78 is 0. The third-order valence-electron chi connectivity index (χ3n) is 22.8. The van der Waals surface area contributed by atoms with Gasteiger partial charge in [0.15, 0.2) is 0 Å². The molecule has 0 fully saturated rings. The van der Waals surface area contributed by atoms with Crippen LogP contribution < -0.4 is 0 Å². The molecule has 0 aliphatic carbocycles. The van der Waals surface area contributed by atoms with Crippen molar-refractivity contribution in [2.24, 2.45) is 0 Å². The summed E-state index contributed by atoms with van der Waals surface area (Å²) in [5.74, 6) is -1.14. The molecule has 0 unspecified atom stereocenters. The Hall–Kier alpha value is -4.22. The molecule has 0 atom stereocenters. The number of benzene rings is 2. The first-order valence-corrected chi connectivity index (χ1v) is 47.3. The van der Waals surface area contributed by atoms with Gasteiger partial charge in [-0.1, -0.05) is 337 Å². The van der Waals surface area contributed by atoms with E-state index in [0.29, 0.717) is 46.1 Å². The number of hydrogen-bond donors (Lipinski definition) is 0. The monoisotopic (exact) mass is 1490 g/mol. The Morgan fingerprint density at radius 3 is 0.548 bits per heavy atom. The molecule has 2 aromatic carbocycles. The minimum Gasteiger partial charge on any atom is -0.274 e. The van der Waals surface area contributed by atoms with Crippen LogP contribution in [0.3, 0.4) is 0 Å². The fraction of sp³-hybridized carbons (Fsp3) is 0.681. The molecule has 576 valence electrons. The fourth-order valence-corrected chi connectivity index (χ4v) is 21.0. The van der Waals surface area contributed by atoms with Crippen LogP contribution in [0.1, 0.15) is 436 Å². The standard InChI is InChI=1S/C94H142N2O4S4/c1-7-13-19-25-31-35-39-43-47-53-59-73-63-67-77(101-73)81-82(78-68-64-74(102-78)60-54-48-44-40-36-32-26-20-14-8-2)88-86-85-87(81)91(97)95(71-57-51-29-23-17-11-5)93(99)89(85)83(79-69-65-75(103-79)61-55-49-45-41-37-33-27-21-15-9-3)84(90(86)94(100)96(92(88)98)72-58-52-30-24-18-12-6)80-70-66-76(104-80)62-56-50-46-42-38-34-28-22-16-10-4/h63-70H,7-62,71-72H2,1-6H3. The maximum absolute atomic E-state index is 16.7. The van der Waals surface area contributed by atoms with Gasteiger partial charge >= 0.3 is 0 Å². The van der Waals surface area contributed by atoms with E-state index in [-0.39, 0.29) is 23.6 Å². The SMILES string of the molecule is CCCCCCCCCCCCc1ccc(-c2c(-c3ccc(CCCCCCCCCCCC)s3)c3c4c(c(-c5ccc(CCCCCCCCCCCC)s5)c(-c5ccc(CCCCCCCCCCCC)s5)c5c4c2C(=O)N(CCCCCCCC)C5=O)C(=O)N(CCCCCCCC)C3=O)s1. The van der Waals surface area contributed by atoms with Crippen LogP contribution in [0.4, 0.5) is 0 Å². The summed E-state index contributed by atoms with van der Waals surface area (Å²) in [7, 11) is 0. The van der Waals surface area contributed by atoms with Gasteiger partial charge in [-0.25, -0.2) is 0 Å². The summed E-state index contributed by atoms with van der Waals surface area (Å²) in [6.45, 7) is 14.3. The Balaban J connectivity index is 1.32. The van der Waals surface area contributed by atoms with Crippen molar-refractivity contribution in [3.05, 3.63) is 90.3 Å². The summed E-state index contributed by atoms with van der Waals surface area (Å²) in [6, 6.07) is 18.1. The van der Waals surface area contributed by atoms with Crippen LogP contribution in [0, 0.1) is 0 Å². The lowest BCUT2D eigenvalue weighted by atomic mass is 9.75. The van der Waals surface area contributed by atoms with Crippen LogP contribution in [-0.2, 0) is 25.7 Å². The van der Waals surface area contributed by atoms with Gasteiger partial charge in [-0.3, -0.25) is 29.0 Å². The van der Waals surface area contributed by atoms with Crippen molar-refractivity contribution < 1.29 is 19.2 Å². The third-order valence-corrected chi connectivity index (χ3v) is 27.4. The van der Waals surface area contributed by atoms with Crippen LogP contribution in [0.25, 0.3) is 52.5 Å². The molecule has 6 aromatic rings. The first-order valence-electron chi connectivity index (χ1n) is 44.0. The Bertz CT molecular complexity index is 3020. The first-order chi connectivity index (χ1) is 51.2. The molecule has 0 radical (unpaired) electrons. The number of amides is 4. The molecule has 0 bridgehead atoms. The molecule has 4 amide bonds. The second-order valence-electron chi connectivity index (χ2n) is 31.6. The number of carbonyl (C=O) groups excluding carboxylic acids is 4. The zero-order chi connectivity index (χ0) is 73.4. The van der Waals surface area contributed by atoms with E-state index < -0.39 is 0 Å². The molecule has 10 heteroatoms. The van der Waals surface area contributed by atoms with Crippen molar-refractivity contribution in [1.29, 1.82) is 0 Å². The molecule has 4 aromatic heterocycles. The van der Waals surface area contributed by atoms with E-state index in [1.165, 1.54) is 263 Å². The van der Waals surface area contributed by atoms with Gasteiger partial charge in [-0.15, -0.1) is 45.3 Å². The number of unbranched alkanes of at least 4 members (excludes halogenated alkanes) is 46. The molecule has 6 heterocycles. The van der Waals surface area contributed by atoms with E-state index in [0.717, 1.165) is 157 Å². The Labute approximate surface area is 650 Å². The van der Waals surface area contributed by atoms with E-state index in [9.17, 15) is 0 Å². The number of hydrogen-bond acceptors (Lipinski definition) is 8. The largest absolute Gasteiger partial charge is 0.274 e. The second-order valence-corrected chi connectivity index (χ2v) is 36.3. The van der Waals surface area contributed by atoms with Crippen molar-refractivity contribution in [2.45, 2.75) is 401 Å². The van der Waals surface area contributed by atoms with E-state index in [1.54, 1.807) is 55.1 Å². The predicted molar refractivity (Wildman–Crippen MR) is 457 cm³/mol. The summed E-state index contributed by atoms with van der Waals surface area (Å²) in [6.07, 6.45) is 67.3. The molecular weight excluding hydrogens is 1350 g/mol. The lowest BCUT2D eigenvalue weighted by molar-refractivity contribution is 0.0587. The molecule has 104 heavy (non-hydrogen) atoms. The summed E-state index contributed by atoms with van der Waals surface area (Å²) >= 11 is 7.11. The Morgan fingerprint density at radius 1 is 0.202 bits per heavy atom. The molecule has 0 N–H and O–H groups in total. The molecule has 6 nitrogen and oxygen atoms in total. The second kappa shape index (κ2) is 49.8. The van der Waals surface area contributed by atoms with Gasteiger partial charge in [0.25, 0.3) is 23.6 Å². The van der Waals surface area contributed by atoms with Crippen LogP contribution in [-0.4, -0.2) is 46.5 Å². The highest BCUT2D eigenvalue weighted by Crippen LogP contribution is 2.57. The topological polar surface area (TPSA) is 74.8 Å². The average molecular weight is 1490 g/mol. The van der Waals surface area contributed by atoms with Gasteiger partial charge in [-0.05, 0) is 113 Å². The van der Waals surface area contributed by atoms with Gasteiger partial charge in [-0.2, -0.15) is 0 Å². The normalized spacial score (nSPS) is 13.1. The highest BCUT2D eigenvalue weighted by atomic mass is 32.1. The van der Waals surface area contributed by atoms with Crippen LogP contribution >= 0.6 is 45.3 Å². The highest BCUT2D eigenvalue weighted by molar-refractivity contribution is 7.17. The van der Waals surface area contributed by atoms with Crippen LogP contribution in [0.2, 0.25) is 0 Å². The number of carbonyl (C=O) groups is 4. The van der Waals surface area contributed by atoms with Gasteiger partial charge in [0, 0.05) is 85.1 Å². The maximum Gasteiger partial charge on any atom is 0.262 e. The average Bonchev–Trinajstić information content (AvgIpc) is 0.936. The van der Waals surface area contributed by atoms with E-state index in [2.05, 4.69) is 90.1 Å². The number of imide groups is 2. The number of aryl methyl sites for hydroxylation is 4. The van der Waals surface area contributed by atoms with Crippen molar-refractivity contribution in [1.82, 2.24) is 9.80 Å². The van der Waals surface area contributed by atoms with E-state index >= 15 is 19.2 Å². The lowest BCUT2D eigenvalue weighted by Crippen LogP contribution is -2.45. The van der Waals surface area contributed by atoms with Crippen LogP contribution in [0.5, 0.6) is 0 Å². The predicted octanol–water partition coefficient (Wildman–Crippen LogP) is 31.5.